The zero-order chi connectivity index (χ0) is 13.1. The summed E-state index contributed by atoms with van der Waals surface area (Å²) in [5.41, 5.74) is 7.09. The molecular formula is C12H20N4O2. The van der Waals surface area contributed by atoms with Crippen LogP contribution in [0.5, 0.6) is 0 Å². The van der Waals surface area contributed by atoms with E-state index in [0.29, 0.717) is 38.5 Å². The Labute approximate surface area is 107 Å². The number of hydrogen-bond acceptors (Lipinski definition) is 4. The van der Waals surface area contributed by atoms with Crippen molar-refractivity contribution >= 4 is 5.91 Å². The van der Waals surface area contributed by atoms with Crippen molar-refractivity contribution in [3.05, 3.63) is 17.5 Å². The maximum absolute atomic E-state index is 12.4. The molecule has 0 saturated carbocycles. The SMILES string of the molecule is CCn1nc(C)cc1C(=O)N1CCOC(CN)C1. The van der Waals surface area contributed by atoms with Crippen molar-refractivity contribution in [2.45, 2.75) is 26.5 Å². The van der Waals surface area contributed by atoms with Gasteiger partial charge < -0.3 is 15.4 Å². The summed E-state index contributed by atoms with van der Waals surface area (Å²) in [5.74, 6) is 0.0131. The minimum absolute atomic E-state index is 0.0131. The molecule has 1 aliphatic rings. The van der Waals surface area contributed by atoms with Crippen molar-refractivity contribution < 1.29 is 9.53 Å². The van der Waals surface area contributed by atoms with Gasteiger partial charge in [-0.15, -0.1) is 0 Å². The highest BCUT2D eigenvalue weighted by atomic mass is 16.5. The van der Waals surface area contributed by atoms with Gasteiger partial charge in [-0.2, -0.15) is 5.10 Å². The lowest BCUT2D eigenvalue weighted by molar-refractivity contribution is -0.0171. The lowest BCUT2D eigenvalue weighted by Crippen LogP contribution is -2.48. The molecule has 1 atom stereocenters. The van der Waals surface area contributed by atoms with Crippen LogP contribution in [0.25, 0.3) is 0 Å². The van der Waals surface area contributed by atoms with Crippen LogP contribution in [0.1, 0.15) is 23.1 Å². The topological polar surface area (TPSA) is 73.4 Å². The Kier molecular flexibility index (Phi) is 3.98. The number of amides is 1. The fraction of sp³-hybridized carbons (Fsp3) is 0.667. The largest absolute Gasteiger partial charge is 0.373 e. The molecule has 1 unspecified atom stereocenters. The summed E-state index contributed by atoms with van der Waals surface area (Å²) in [6, 6.07) is 1.83. The Balaban J connectivity index is 2.14. The molecule has 2 rings (SSSR count). The molecule has 0 radical (unpaired) electrons. The van der Waals surface area contributed by atoms with Gasteiger partial charge in [0.2, 0.25) is 0 Å². The van der Waals surface area contributed by atoms with E-state index in [4.69, 9.17) is 10.5 Å². The zero-order valence-electron chi connectivity index (χ0n) is 10.9. The summed E-state index contributed by atoms with van der Waals surface area (Å²) in [6.45, 7) is 6.73. The summed E-state index contributed by atoms with van der Waals surface area (Å²) >= 11 is 0. The van der Waals surface area contributed by atoms with E-state index in [2.05, 4.69) is 5.10 Å². The normalized spacial score (nSPS) is 20.2. The molecule has 0 bridgehead atoms. The number of aromatic nitrogens is 2. The van der Waals surface area contributed by atoms with Crippen LogP contribution in [-0.2, 0) is 11.3 Å². The van der Waals surface area contributed by atoms with Crippen LogP contribution >= 0.6 is 0 Å². The van der Waals surface area contributed by atoms with Gasteiger partial charge in [-0.25, -0.2) is 0 Å². The number of carbonyl (C=O) groups excluding carboxylic acids is 1. The van der Waals surface area contributed by atoms with E-state index in [1.54, 1.807) is 9.58 Å². The molecule has 0 aliphatic carbocycles. The van der Waals surface area contributed by atoms with E-state index in [-0.39, 0.29) is 12.0 Å². The standard InChI is InChI=1S/C12H20N4O2/c1-3-16-11(6-9(2)14-16)12(17)15-4-5-18-10(7-13)8-15/h6,10H,3-5,7-8,13H2,1-2H3. The van der Waals surface area contributed by atoms with Crippen LogP contribution in [0.2, 0.25) is 0 Å². The van der Waals surface area contributed by atoms with Crippen molar-refractivity contribution in [1.82, 2.24) is 14.7 Å². The first kappa shape index (κ1) is 13.0. The van der Waals surface area contributed by atoms with Gasteiger partial charge in [-0.3, -0.25) is 9.48 Å². The summed E-state index contributed by atoms with van der Waals surface area (Å²) < 4.78 is 7.20. The van der Waals surface area contributed by atoms with E-state index in [9.17, 15) is 4.79 Å². The van der Waals surface area contributed by atoms with Gasteiger partial charge in [0, 0.05) is 26.2 Å². The van der Waals surface area contributed by atoms with E-state index in [0.717, 1.165) is 5.69 Å². The second kappa shape index (κ2) is 5.49. The fourth-order valence-corrected chi connectivity index (χ4v) is 2.17. The van der Waals surface area contributed by atoms with Crippen molar-refractivity contribution in [2.75, 3.05) is 26.2 Å². The van der Waals surface area contributed by atoms with Gasteiger partial charge in [0.05, 0.1) is 18.4 Å². The van der Waals surface area contributed by atoms with E-state index in [1.807, 2.05) is 19.9 Å². The molecule has 1 fully saturated rings. The average Bonchev–Trinajstić information content (AvgIpc) is 2.79. The Bertz CT molecular complexity index is 430. The molecule has 6 nitrogen and oxygen atoms in total. The molecule has 100 valence electrons. The highest BCUT2D eigenvalue weighted by molar-refractivity contribution is 5.92. The van der Waals surface area contributed by atoms with Gasteiger partial charge in [-0.1, -0.05) is 0 Å². The first-order valence-corrected chi connectivity index (χ1v) is 6.31. The summed E-state index contributed by atoms with van der Waals surface area (Å²) in [6.07, 6.45) is -0.0539. The van der Waals surface area contributed by atoms with Crippen LogP contribution < -0.4 is 5.73 Å². The van der Waals surface area contributed by atoms with Crippen molar-refractivity contribution in [2.24, 2.45) is 5.73 Å². The molecule has 18 heavy (non-hydrogen) atoms. The summed E-state index contributed by atoms with van der Waals surface area (Å²) in [5, 5.41) is 4.30. The monoisotopic (exact) mass is 252 g/mol. The summed E-state index contributed by atoms with van der Waals surface area (Å²) in [4.78, 5) is 14.2. The quantitative estimate of drug-likeness (QED) is 0.822. The third-order valence-electron chi connectivity index (χ3n) is 3.11. The molecule has 1 saturated heterocycles. The lowest BCUT2D eigenvalue weighted by Gasteiger charge is -2.32. The first-order valence-electron chi connectivity index (χ1n) is 6.31. The molecule has 1 aliphatic heterocycles. The van der Waals surface area contributed by atoms with Crippen molar-refractivity contribution in [1.29, 1.82) is 0 Å². The number of carbonyl (C=O) groups is 1. The van der Waals surface area contributed by atoms with Crippen LogP contribution in [0, 0.1) is 6.92 Å². The number of ether oxygens (including phenoxy) is 1. The zero-order valence-corrected chi connectivity index (χ0v) is 10.9. The molecule has 2 heterocycles. The van der Waals surface area contributed by atoms with Gasteiger partial charge >= 0.3 is 0 Å². The highest BCUT2D eigenvalue weighted by Crippen LogP contribution is 2.11. The second-order valence-electron chi connectivity index (χ2n) is 4.47. The number of nitrogens with two attached hydrogens (primary N) is 1. The smallest absolute Gasteiger partial charge is 0.272 e. The minimum atomic E-state index is -0.0539. The molecule has 1 amide bonds. The predicted molar refractivity (Wildman–Crippen MR) is 67.3 cm³/mol. The van der Waals surface area contributed by atoms with Crippen LogP contribution in [-0.4, -0.2) is 52.9 Å². The second-order valence-corrected chi connectivity index (χ2v) is 4.47. The average molecular weight is 252 g/mol. The van der Waals surface area contributed by atoms with Crippen LogP contribution in [0.3, 0.4) is 0 Å². The van der Waals surface area contributed by atoms with E-state index in [1.165, 1.54) is 0 Å². The number of hydrogen-bond donors (Lipinski definition) is 1. The molecule has 2 N–H and O–H groups in total. The first-order chi connectivity index (χ1) is 8.65. The number of aryl methyl sites for hydroxylation is 2. The summed E-state index contributed by atoms with van der Waals surface area (Å²) in [7, 11) is 0. The third kappa shape index (κ3) is 2.54. The Morgan fingerprint density at radius 3 is 3.11 bits per heavy atom. The molecule has 6 heteroatoms. The maximum atomic E-state index is 12.4. The third-order valence-corrected chi connectivity index (χ3v) is 3.11. The van der Waals surface area contributed by atoms with E-state index < -0.39 is 0 Å². The molecule has 0 aromatic carbocycles. The molecule has 1 aromatic heterocycles. The Morgan fingerprint density at radius 2 is 2.44 bits per heavy atom. The van der Waals surface area contributed by atoms with Crippen LogP contribution in [0.4, 0.5) is 0 Å². The maximum Gasteiger partial charge on any atom is 0.272 e. The van der Waals surface area contributed by atoms with Crippen LogP contribution in [0.15, 0.2) is 6.07 Å². The van der Waals surface area contributed by atoms with E-state index >= 15 is 0 Å². The Hall–Kier alpha value is -1.40. The van der Waals surface area contributed by atoms with Gasteiger partial charge in [0.25, 0.3) is 5.91 Å². The Morgan fingerprint density at radius 1 is 1.67 bits per heavy atom. The van der Waals surface area contributed by atoms with Gasteiger partial charge in [0.1, 0.15) is 5.69 Å². The molecule has 0 spiro atoms. The van der Waals surface area contributed by atoms with Crippen molar-refractivity contribution in [3.8, 4) is 0 Å². The number of nitrogens with zero attached hydrogens (tertiary/aromatic N) is 3. The number of morpholine rings is 1. The predicted octanol–water partition coefficient (Wildman–Crippen LogP) is 0.0111. The van der Waals surface area contributed by atoms with Gasteiger partial charge in [-0.05, 0) is 19.9 Å². The number of rotatable bonds is 3. The molecule has 1 aromatic rings. The lowest BCUT2D eigenvalue weighted by atomic mass is 10.2. The molecular weight excluding hydrogens is 232 g/mol. The fourth-order valence-electron chi connectivity index (χ4n) is 2.17. The highest BCUT2D eigenvalue weighted by Gasteiger charge is 2.26. The van der Waals surface area contributed by atoms with Gasteiger partial charge in [0.15, 0.2) is 0 Å². The van der Waals surface area contributed by atoms with Crippen molar-refractivity contribution in [3.63, 3.8) is 0 Å². The minimum Gasteiger partial charge on any atom is -0.373 e.